The first-order chi connectivity index (χ1) is 15.9. The third-order valence-corrected chi connectivity index (χ3v) is 7.05. The molecule has 0 radical (unpaired) electrons. The number of hydrogen-bond acceptors (Lipinski definition) is 8. The molecule has 0 saturated carbocycles. The summed E-state index contributed by atoms with van der Waals surface area (Å²) in [6, 6.07) is 11.2. The van der Waals surface area contributed by atoms with E-state index >= 15 is 0 Å². The maximum Gasteiger partial charge on any atom is 0.309 e. The van der Waals surface area contributed by atoms with Gasteiger partial charge in [0.2, 0.25) is 16.8 Å². The number of ether oxygens (including phenoxy) is 4. The zero-order valence-electron chi connectivity index (χ0n) is 17.8. The van der Waals surface area contributed by atoms with E-state index in [1.54, 1.807) is 30.3 Å². The number of hydrogen-bond donors (Lipinski definition) is 2. The lowest BCUT2D eigenvalue weighted by Crippen LogP contribution is -2.47. The molecular formula is C21H23N3O8S. The maximum absolute atomic E-state index is 13.0. The van der Waals surface area contributed by atoms with Crippen molar-refractivity contribution in [1.82, 2.24) is 14.9 Å². The van der Waals surface area contributed by atoms with E-state index in [9.17, 15) is 18.0 Å². The van der Waals surface area contributed by atoms with Gasteiger partial charge in [-0.25, -0.2) is 8.42 Å². The van der Waals surface area contributed by atoms with Crippen LogP contribution in [0.1, 0.15) is 5.56 Å². The van der Waals surface area contributed by atoms with Gasteiger partial charge in [0.25, 0.3) is 0 Å². The minimum absolute atomic E-state index is 0.0756. The summed E-state index contributed by atoms with van der Waals surface area (Å²) in [7, 11) is -2.37. The fraction of sp³-hybridized carbons (Fsp3) is 0.333. The Hall–Kier alpha value is -3.35. The predicted molar refractivity (Wildman–Crippen MR) is 114 cm³/mol. The van der Waals surface area contributed by atoms with Gasteiger partial charge in [-0.1, -0.05) is 6.07 Å². The molecule has 2 N–H and O–H groups in total. The second-order valence-corrected chi connectivity index (χ2v) is 9.09. The molecule has 0 bridgehead atoms. The zero-order valence-corrected chi connectivity index (χ0v) is 18.6. The van der Waals surface area contributed by atoms with Gasteiger partial charge >= 0.3 is 11.8 Å². The summed E-state index contributed by atoms with van der Waals surface area (Å²) < 4.78 is 48.1. The summed E-state index contributed by atoms with van der Waals surface area (Å²) in [5.74, 6) is -0.0262. The van der Waals surface area contributed by atoms with Gasteiger partial charge < -0.3 is 29.6 Å². The van der Waals surface area contributed by atoms with Gasteiger partial charge in [-0.2, -0.15) is 4.31 Å². The van der Waals surface area contributed by atoms with Crippen molar-refractivity contribution in [2.45, 2.75) is 17.7 Å². The number of methoxy groups -OCH3 is 1. The summed E-state index contributed by atoms with van der Waals surface area (Å²) >= 11 is 0. The van der Waals surface area contributed by atoms with Crippen molar-refractivity contribution in [2.24, 2.45) is 0 Å². The third-order valence-electron chi connectivity index (χ3n) is 5.14. The Morgan fingerprint density at radius 3 is 2.55 bits per heavy atom. The molecule has 2 amide bonds. The van der Waals surface area contributed by atoms with Crippen molar-refractivity contribution in [3.63, 3.8) is 0 Å². The zero-order chi connectivity index (χ0) is 23.4. The first kappa shape index (κ1) is 22.8. The lowest BCUT2D eigenvalue weighted by atomic mass is 10.2. The molecule has 176 valence electrons. The van der Waals surface area contributed by atoms with E-state index in [4.69, 9.17) is 18.9 Å². The van der Waals surface area contributed by atoms with Gasteiger partial charge in [0.1, 0.15) is 12.0 Å². The summed E-state index contributed by atoms with van der Waals surface area (Å²) in [4.78, 5) is 24.4. The lowest BCUT2D eigenvalue weighted by Gasteiger charge is -2.23. The lowest BCUT2D eigenvalue weighted by molar-refractivity contribution is -0.139. The summed E-state index contributed by atoms with van der Waals surface area (Å²) in [5.41, 5.74) is 0.733. The first-order valence-electron chi connectivity index (χ1n) is 10.1. The quantitative estimate of drug-likeness (QED) is 0.541. The molecule has 2 heterocycles. The normalized spacial score (nSPS) is 17.5. The number of sulfonamides is 1. The van der Waals surface area contributed by atoms with E-state index in [-0.39, 0.29) is 37.9 Å². The Bertz CT molecular complexity index is 1140. The molecule has 0 aromatic heterocycles. The second-order valence-electron chi connectivity index (χ2n) is 7.20. The highest BCUT2D eigenvalue weighted by atomic mass is 32.2. The van der Waals surface area contributed by atoms with Gasteiger partial charge in [-0.3, -0.25) is 9.59 Å². The van der Waals surface area contributed by atoms with E-state index in [0.29, 0.717) is 17.2 Å². The molecule has 2 aromatic carbocycles. The van der Waals surface area contributed by atoms with Crippen molar-refractivity contribution < 1.29 is 37.0 Å². The van der Waals surface area contributed by atoms with Gasteiger partial charge in [-0.15, -0.1) is 0 Å². The molecular weight excluding hydrogens is 454 g/mol. The molecule has 11 nitrogen and oxygen atoms in total. The first-order valence-corrected chi connectivity index (χ1v) is 11.5. The largest absolute Gasteiger partial charge is 0.497 e. The number of amides is 2. The SMILES string of the molecule is COc1ccc(S(=O)(=O)N2CCO[C@H]2CNC(=O)C(=O)NCc2ccc3c(c2)OCO3)cc1. The number of benzene rings is 2. The molecule has 0 aliphatic carbocycles. The van der Waals surface area contributed by atoms with Crippen LogP contribution in [0.25, 0.3) is 0 Å². The van der Waals surface area contributed by atoms with Crippen molar-refractivity contribution in [3.8, 4) is 17.2 Å². The highest BCUT2D eigenvalue weighted by molar-refractivity contribution is 7.89. The van der Waals surface area contributed by atoms with Gasteiger partial charge in [0.05, 0.1) is 25.2 Å². The average molecular weight is 477 g/mol. The second kappa shape index (κ2) is 9.65. The maximum atomic E-state index is 13.0. The molecule has 2 aliphatic rings. The molecule has 4 rings (SSSR count). The van der Waals surface area contributed by atoms with Crippen LogP contribution in [0.4, 0.5) is 0 Å². The standard InChI is InChI=1S/C21H23N3O8S/c1-29-15-3-5-16(6-4-15)33(27,28)24-8-9-30-19(24)12-23-21(26)20(25)22-11-14-2-7-17-18(10-14)32-13-31-17/h2-7,10,19H,8-9,11-13H2,1H3,(H,22,25)(H,23,26)/t19-/m0/s1. The van der Waals surface area contributed by atoms with Crippen molar-refractivity contribution in [2.75, 3.05) is 33.6 Å². The highest BCUT2D eigenvalue weighted by Crippen LogP contribution is 2.32. The van der Waals surface area contributed by atoms with Crippen LogP contribution in [0.5, 0.6) is 17.2 Å². The number of nitrogens with zero attached hydrogens (tertiary/aromatic N) is 1. The third kappa shape index (κ3) is 5.02. The highest BCUT2D eigenvalue weighted by Gasteiger charge is 2.36. The molecule has 0 spiro atoms. The summed E-state index contributed by atoms with van der Waals surface area (Å²) in [6.45, 7) is 0.381. The Labute approximate surface area is 190 Å². The number of nitrogens with one attached hydrogen (secondary N) is 2. The number of carbonyl (C=O) groups is 2. The van der Waals surface area contributed by atoms with E-state index in [2.05, 4.69) is 10.6 Å². The minimum Gasteiger partial charge on any atom is -0.497 e. The van der Waals surface area contributed by atoms with E-state index in [1.807, 2.05) is 0 Å². The summed E-state index contributed by atoms with van der Waals surface area (Å²) in [6.07, 6.45) is -0.928. The van der Waals surface area contributed by atoms with E-state index in [1.165, 1.54) is 19.2 Å². The Balaban J connectivity index is 1.30. The molecule has 1 atom stereocenters. The topological polar surface area (TPSA) is 132 Å². The Morgan fingerprint density at radius 1 is 1.06 bits per heavy atom. The van der Waals surface area contributed by atoms with Crippen LogP contribution in [-0.4, -0.2) is 64.4 Å². The number of carbonyl (C=O) groups excluding carboxylic acids is 2. The van der Waals surface area contributed by atoms with E-state index < -0.39 is 28.1 Å². The average Bonchev–Trinajstić information content (AvgIpc) is 3.50. The van der Waals surface area contributed by atoms with E-state index in [0.717, 1.165) is 9.87 Å². The monoisotopic (exact) mass is 477 g/mol. The molecule has 33 heavy (non-hydrogen) atoms. The molecule has 12 heteroatoms. The van der Waals surface area contributed by atoms with Crippen LogP contribution in [0.15, 0.2) is 47.4 Å². The van der Waals surface area contributed by atoms with Crippen molar-refractivity contribution >= 4 is 21.8 Å². The van der Waals surface area contributed by atoms with Crippen LogP contribution >= 0.6 is 0 Å². The Morgan fingerprint density at radius 2 is 1.79 bits per heavy atom. The van der Waals surface area contributed by atoms with Gasteiger partial charge in [-0.05, 0) is 42.0 Å². The smallest absolute Gasteiger partial charge is 0.309 e. The van der Waals surface area contributed by atoms with Gasteiger partial charge in [0.15, 0.2) is 11.5 Å². The van der Waals surface area contributed by atoms with Crippen LogP contribution in [0.2, 0.25) is 0 Å². The number of fused-ring (bicyclic) bond motifs is 1. The van der Waals surface area contributed by atoms with Crippen LogP contribution < -0.4 is 24.8 Å². The van der Waals surface area contributed by atoms with Crippen LogP contribution in [0, 0.1) is 0 Å². The molecule has 0 unspecified atom stereocenters. The molecule has 1 saturated heterocycles. The van der Waals surface area contributed by atoms with Gasteiger partial charge in [0, 0.05) is 13.1 Å². The van der Waals surface area contributed by atoms with Crippen molar-refractivity contribution in [1.29, 1.82) is 0 Å². The van der Waals surface area contributed by atoms with Crippen LogP contribution in [0.3, 0.4) is 0 Å². The Kier molecular flexibility index (Phi) is 6.67. The fourth-order valence-corrected chi connectivity index (χ4v) is 4.91. The summed E-state index contributed by atoms with van der Waals surface area (Å²) in [5, 5.41) is 4.94. The molecule has 2 aliphatic heterocycles. The molecule has 2 aromatic rings. The minimum atomic E-state index is -3.85. The van der Waals surface area contributed by atoms with Crippen molar-refractivity contribution in [3.05, 3.63) is 48.0 Å². The van der Waals surface area contributed by atoms with Crippen LogP contribution in [-0.2, 0) is 30.9 Å². The molecule has 1 fully saturated rings. The number of rotatable bonds is 7. The fourth-order valence-electron chi connectivity index (χ4n) is 3.40. The predicted octanol–water partition coefficient (Wildman–Crippen LogP) is 0.204.